The molecule has 12 atom stereocenters. The van der Waals surface area contributed by atoms with Crippen LogP contribution in [-0.2, 0) is 23.7 Å². The number of carbonyl (C=O) groups is 1. The highest BCUT2D eigenvalue weighted by Crippen LogP contribution is 2.30. The number of hydrogen-bond acceptors (Lipinski definition) is 13. The van der Waals surface area contributed by atoms with Crippen molar-refractivity contribution >= 4 is 5.91 Å². The van der Waals surface area contributed by atoms with Crippen molar-refractivity contribution in [2.24, 2.45) is 0 Å². The summed E-state index contributed by atoms with van der Waals surface area (Å²) < 4.78 is 22.7. The minimum atomic E-state index is -1.78. The molecule has 14 heteroatoms. The molecule has 2 saturated heterocycles. The number of hydrogen-bond donors (Lipinski definition) is 9. The second-order valence-corrected chi connectivity index (χ2v) is 18.0. The molecule has 2 fully saturated rings. The van der Waals surface area contributed by atoms with E-state index >= 15 is 0 Å². The van der Waals surface area contributed by atoms with Crippen molar-refractivity contribution in [3.05, 3.63) is 12.2 Å². The summed E-state index contributed by atoms with van der Waals surface area (Å²) in [6.07, 6.45) is 19.6. The standard InChI is InChI=1S/C48H91NO13/c1-3-5-7-9-11-13-15-17-18-20-22-24-26-28-30-32-40(53)49-36(37(52)31-29-27-25-23-21-19-16-14-12-10-8-6-4-2)35-59-47-45(58)43(56)46(39(34-51)61-47)62-48-44(57)42(55)41(54)38(33-50)60-48/h29,31,36-39,41-48,50-52,54-58H,3-28,30,32-35H2,1-2H3,(H,49,53)/b31-29+/t36-,37+,38?,39?,41-,42-,43+,44?,45?,46-,47+,48-/m0/s1. The average molecular weight is 890 g/mol. The molecule has 0 aromatic rings. The van der Waals surface area contributed by atoms with E-state index in [0.29, 0.717) is 6.42 Å². The van der Waals surface area contributed by atoms with Crippen molar-refractivity contribution in [2.45, 2.75) is 267 Å². The molecule has 0 bridgehead atoms. The molecule has 0 aliphatic carbocycles. The van der Waals surface area contributed by atoms with Gasteiger partial charge in [-0.15, -0.1) is 0 Å². The monoisotopic (exact) mass is 890 g/mol. The zero-order valence-corrected chi connectivity index (χ0v) is 38.6. The fourth-order valence-corrected chi connectivity index (χ4v) is 8.35. The Labute approximate surface area is 374 Å². The van der Waals surface area contributed by atoms with E-state index in [9.17, 15) is 45.6 Å². The van der Waals surface area contributed by atoms with E-state index < -0.39 is 86.8 Å². The summed E-state index contributed by atoms with van der Waals surface area (Å²) in [4.78, 5) is 13.1. The van der Waals surface area contributed by atoms with Gasteiger partial charge < -0.3 is 65.1 Å². The van der Waals surface area contributed by atoms with Gasteiger partial charge in [0, 0.05) is 6.42 Å². The minimum absolute atomic E-state index is 0.238. The van der Waals surface area contributed by atoms with Crippen molar-refractivity contribution in [1.82, 2.24) is 5.32 Å². The minimum Gasteiger partial charge on any atom is -0.394 e. The number of ether oxygens (including phenoxy) is 4. The van der Waals surface area contributed by atoms with E-state index in [1.165, 1.54) is 128 Å². The first-order chi connectivity index (χ1) is 30.1. The highest BCUT2D eigenvalue weighted by molar-refractivity contribution is 5.76. The Morgan fingerprint density at radius 2 is 1.00 bits per heavy atom. The molecule has 2 aliphatic rings. The molecule has 0 radical (unpaired) electrons. The normalized spacial score (nSPS) is 27.8. The molecule has 1 amide bonds. The second kappa shape index (κ2) is 35.9. The Morgan fingerprint density at radius 3 is 1.48 bits per heavy atom. The lowest BCUT2D eigenvalue weighted by Crippen LogP contribution is -2.65. The molecule has 0 aromatic heterocycles. The molecule has 9 N–H and O–H groups in total. The molecule has 62 heavy (non-hydrogen) atoms. The maximum atomic E-state index is 13.1. The largest absolute Gasteiger partial charge is 0.394 e. The second-order valence-electron chi connectivity index (χ2n) is 18.0. The molecule has 2 aliphatic heterocycles. The van der Waals surface area contributed by atoms with Gasteiger partial charge in [0.2, 0.25) is 5.91 Å². The molecule has 0 aromatic carbocycles. The summed E-state index contributed by atoms with van der Waals surface area (Å²) >= 11 is 0. The van der Waals surface area contributed by atoms with Crippen molar-refractivity contribution in [1.29, 1.82) is 0 Å². The van der Waals surface area contributed by atoms with E-state index in [1.54, 1.807) is 6.08 Å². The molecular formula is C48H91NO13. The zero-order valence-electron chi connectivity index (χ0n) is 38.6. The Balaban J connectivity index is 1.86. The maximum Gasteiger partial charge on any atom is 0.220 e. The van der Waals surface area contributed by atoms with Gasteiger partial charge in [-0.25, -0.2) is 0 Å². The molecule has 366 valence electrons. The zero-order chi connectivity index (χ0) is 45.4. The molecule has 4 unspecified atom stereocenters. The third-order valence-corrected chi connectivity index (χ3v) is 12.5. The first-order valence-corrected chi connectivity index (χ1v) is 24.9. The molecule has 0 saturated carbocycles. The van der Waals surface area contributed by atoms with Crippen LogP contribution in [0.25, 0.3) is 0 Å². The number of rotatable bonds is 38. The Morgan fingerprint density at radius 1 is 0.565 bits per heavy atom. The number of aliphatic hydroxyl groups excluding tert-OH is 8. The van der Waals surface area contributed by atoms with Gasteiger partial charge >= 0.3 is 0 Å². The summed E-state index contributed by atoms with van der Waals surface area (Å²) in [6.45, 7) is 2.78. The van der Waals surface area contributed by atoms with E-state index in [0.717, 1.165) is 38.5 Å². The van der Waals surface area contributed by atoms with E-state index in [4.69, 9.17) is 18.9 Å². The van der Waals surface area contributed by atoms with Crippen LogP contribution in [0.5, 0.6) is 0 Å². The number of allylic oxidation sites excluding steroid dienone is 1. The van der Waals surface area contributed by atoms with Gasteiger partial charge in [0.1, 0.15) is 48.8 Å². The van der Waals surface area contributed by atoms with Crippen LogP contribution < -0.4 is 5.32 Å². The first-order valence-electron chi connectivity index (χ1n) is 24.9. The van der Waals surface area contributed by atoms with Crippen molar-refractivity contribution in [2.75, 3.05) is 19.8 Å². The molecule has 2 heterocycles. The Hall–Kier alpha value is -1.27. The quantitative estimate of drug-likeness (QED) is 0.0257. The van der Waals surface area contributed by atoms with Crippen LogP contribution in [-0.4, -0.2) is 140 Å². The fourth-order valence-electron chi connectivity index (χ4n) is 8.35. The van der Waals surface area contributed by atoms with Crippen LogP contribution in [0.4, 0.5) is 0 Å². The molecular weight excluding hydrogens is 799 g/mol. The van der Waals surface area contributed by atoms with Crippen molar-refractivity contribution in [3.63, 3.8) is 0 Å². The molecule has 14 nitrogen and oxygen atoms in total. The third kappa shape index (κ3) is 23.3. The topological polar surface area (TPSA) is 228 Å². The number of amides is 1. The van der Waals surface area contributed by atoms with Crippen LogP contribution >= 0.6 is 0 Å². The van der Waals surface area contributed by atoms with Gasteiger partial charge in [0.15, 0.2) is 12.6 Å². The lowest BCUT2D eigenvalue weighted by atomic mass is 9.97. The Bertz CT molecular complexity index is 1100. The summed E-state index contributed by atoms with van der Waals surface area (Å²) in [5.74, 6) is -0.238. The van der Waals surface area contributed by atoms with E-state index in [2.05, 4.69) is 19.2 Å². The number of carbonyl (C=O) groups excluding carboxylic acids is 1. The molecule has 0 spiro atoms. The van der Waals surface area contributed by atoms with Crippen LogP contribution in [0, 0.1) is 0 Å². The van der Waals surface area contributed by atoms with Gasteiger partial charge in [-0.1, -0.05) is 180 Å². The highest BCUT2D eigenvalue weighted by atomic mass is 16.7. The third-order valence-electron chi connectivity index (χ3n) is 12.5. The lowest BCUT2D eigenvalue weighted by Gasteiger charge is -2.46. The van der Waals surface area contributed by atoms with Gasteiger partial charge in [-0.05, 0) is 19.3 Å². The number of nitrogens with one attached hydrogen (secondary N) is 1. The average Bonchev–Trinajstić information content (AvgIpc) is 3.27. The highest BCUT2D eigenvalue weighted by Gasteiger charge is 2.51. The predicted molar refractivity (Wildman–Crippen MR) is 240 cm³/mol. The van der Waals surface area contributed by atoms with Crippen LogP contribution in [0.1, 0.15) is 194 Å². The first kappa shape index (κ1) is 56.9. The fraction of sp³-hybridized carbons (Fsp3) is 0.938. The number of unbranched alkanes of at least 4 members (excludes halogenated alkanes) is 25. The summed E-state index contributed by atoms with van der Waals surface area (Å²) in [6, 6.07) is -0.906. The summed E-state index contributed by atoms with van der Waals surface area (Å²) in [5.41, 5.74) is 0. The molecule has 2 rings (SSSR count). The lowest BCUT2D eigenvalue weighted by molar-refractivity contribution is -0.359. The predicted octanol–water partition coefficient (Wildman–Crippen LogP) is 5.99. The maximum absolute atomic E-state index is 13.1. The van der Waals surface area contributed by atoms with E-state index in [-0.39, 0.29) is 18.9 Å². The van der Waals surface area contributed by atoms with Gasteiger partial charge in [0.25, 0.3) is 0 Å². The SMILES string of the molecule is CCCCCCCCCCCCC/C=C/[C@@H](O)[C@H](CO[C@@H]1OC(CO)[C@H](O[C@@H]2OC(CO)[C@H](O)[C@H](O)C2O)[C@H](O)C1O)NC(=O)CCCCCCCCCCCCCCCCC. The van der Waals surface area contributed by atoms with Gasteiger partial charge in [-0.2, -0.15) is 0 Å². The van der Waals surface area contributed by atoms with Crippen LogP contribution in [0.15, 0.2) is 12.2 Å². The van der Waals surface area contributed by atoms with Crippen LogP contribution in [0.2, 0.25) is 0 Å². The van der Waals surface area contributed by atoms with Gasteiger partial charge in [0.05, 0.1) is 32.0 Å². The number of aliphatic hydroxyl groups is 8. The van der Waals surface area contributed by atoms with Gasteiger partial charge in [-0.3, -0.25) is 4.79 Å². The summed E-state index contributed by atoms with van der Waals surface area (Å²) in [5, 5.41) is 86.6. The Kier molecular flexibility index (Phi) is 32.9. The smallest absolute Gasteiger partial charge is 0.220 e. The van der Waals surface area contributed by atoms with Crippen molar-refractivity contribution in [3.8, 4) is 0 Å². The van der Waals surface area contributed by atoms with Crippen molar-refractivity contribution < 1.29 is 64.6 Å². The van der Waals surface area contributed by atoms with E-state index in [1.807, 2.05) is 6.08 Å². The van der Waals surface area contributed by atoms with Crippen LogP contribution in [0.3, 0.4) is 0 Å². The summed E-state index contributed by atoms with van der Waals surface area (Å²) in [7, 11) is 0.